The first-order valence-electron chi connectivity index (χ1n) is 6.63. The van der Waals surface area contributed by atoms with Crippen molar-refractivity contribution in [1.82, 2.24) is 0 Å². The third-order valence-corrected chi connectivity index (χ3v) is 3.69. The van der Waals surface area contributed by atoms with Gasteiger partial charge in [-0.05, 0) is 33.6 Å². The van der Waals surface area contributed by atoms with Crippen LogP contribution >= 0.6 is 0 Å². The molecule has 1 atom stereocenters. The lowest BCUT2D eigenvalue weighted by atomic mass is 10.1. The Kier molecular flexibility index (Phi) is 14.3. The standard InChI is InChI=1S/C8H20N.C5H11NO2.H2O/c1-5-9(6-2,7-3)8-4;1-3(2)4(6)5(7)8;/h5-8H2,1-4H3;3-4H,6H2,1-2H3,(H,7,8);1H2/q+1;;/p-1. The van der Waals surface area contributed by atoms with Crippen LogP contribution in [0.5, 0.6) is 0 Å². The molecule has 18 heavy (non-hydrogen) atoms. The van der Waals surface area contributed by atoms with Gasteiger partial charge in [0, 0.05) is 0 Å². The van der Waals surface area contributed by atoms with E-state index in [1.807, 2.05) is 0 Å². The molecule has 0 aliphatic carbocycles. The third-order valence-electron chi connectivity index (χ3n) is 3.69. The number of hydrogen-bond donors (Lipinski definition) is 2. The molecule has 0 saturated heterocycles. The SMILES string of the molecule is CC(C)C(N)C(=O)O.CC[N+](CC)(CC)CC.[OH-]. The molecule has 4 N–H and O–H groups in total. The number of carboxylic acid groups (broad SMARTS) is 1. The number of aliphatic carboxylic acids is 1. The summed E-state index contributed by atoms with van der Waals surface area (Å²) in [4.78, 5) is 10.0. The van der Waals surface area contributed by atoms with Crippen LogP contribution in [0.4, 0.5) is 0 Å². The van der Waals surface area contributed by atoms with Gasteiger partial charge < -0.3 is 20.8 Å². The molecule has 0 aromatic heterocycles. The van der Waals surface area contributed by atoms with Gasteiger partial charge in [0.15, 0.2) is 0 Å². The zero-order chi connectivity index (χ0) is 14.1. The highest BCUT2D eigenvalue weighted by Crippen LogP contribution is 2.03. The average molecular weight is 264 g/mol. The molecule has 0 fully saturated rings. The van der Waals surface area contributed by atoms with Crippen LogP contribution < -0.4 is 5.73 Å². The van der Waals surface area contributed by atoms with Gasteiger partial charge in [-0.2, -0.15) is 0 Å². The zero-order valence-electron chi connectivity index (χ0n) is 12.8. The van der Waals surface area contributed by atoms with Crippen molar-refractivity contribution in [3.63, 3.8) is 0 Å². The summed E-state index contributed by atoms with van der Waals surface area (Å²) in [5.74, 6) is -0.910. The Labute approximate surface area is 112 Å². The Morgan fingerprint density at radius 2 is 1.33 bits per heavy atom. The van der Waals surface area contributed by atoms with Crippen molar-refractivity contribution in [3.05, 3.63) is 0 Å². The molecule has 5 heteroatoms. The van der Waals surface area contributed by atoms with E-state index in [9.17, 15) is 4.79 Å². The van der Waals surface area contributed by atoms with E-state index in [-0.39, 0.29) is 11.4 Å². The predicted molar refractivity (Wildman–Crippen MR) is 74.8 cm³/mol. The molecule has 1 unspecified atom stereocenters. The number of quaternary nitrogens is 1. The van der Waals surface area contributed by atoms with Gasteiger partial charge in [0.25, 0.3) is 0 Å². The fourth-order valence-corrected chi connectivity index (χ4v) is 1.63. The van der Waals surface area contributed by atoms with E-state index in [1.165, 1.54) is 30.7 Å². The van der Waals surface area contributed by atoms with Gasteiger partial charge in [-0.25, -0.2) is 0 Å². The number of nitrogens with zero attached hydrogens (tertiary/aromatic N) is 1. The van der Waals surface area contributed by atoms with Crippen molar-refractivity contribution in [3.8, 4) is 0 Å². The molecule has 0 rings (SSSR count). The lowest BCUT2D eigenvalue weighted by molar-refractivity contribution is -0.921. The molecular weight excluding hydrogens is 232 g/mol. The molecule has 0 spiro atoms. The van der Waals surface area contributed by atoms with Gasteiger partial charge in [0.05, 0.1) is 26.2 Å². The fourth-order valence-electron chi connectivity index (χ4n) is 1.63. The van der Waals surface area contributed by atoms with Gasteiger partial charge in [-0.3, -0.25) is 4.79 Å². The maximum atomic E-state index is 10.0. The van der Waals surface area contributed by atoms with Crippen LogP contribution in [0.15, 0.2) is 0 Å². The Balaban J connectivity index is -0.000000238. The molecule has 0 aliphatic heterocycles. The van der Waals surface area contributed by atoms with E-state index in [0.29, 0.717) is 0 Å². The van der Waals surface area contributed by atoms with E-state index in [1.54, 1.807) is 13.8 Å². The molecule has 0 bridgehead atoms. The lowest BCUT2D eigenvalue weighted by Crippen LogP contribution is -2.47. The maximum absolute atomic E-state index is 10.0. The van der Waals surface area contributed by atoms with E-state index >= 15 is 0 Å². The molecule has 5 nitrogen and oxygen atoms in total. The highest BCUT2D eigenvalue weighted by atomic mass is 16.4. The number of carbonyl (C=O) groups is 1. The number of hydrogen-bond acceptors (Lipinski definition) is 3. The Morgan fingerprint density at radius 1 is 1.06 bits per heavy atom. The first-order chi connectivity index (χ1) is 7.80. The summed E-state index contributed by atoms with van der Waals surface area (Å²) < 4.78 is 1.28. The summed E-state index contributed by atoms with van der Waals surface area (Å²) in [7, 11) is 0. The molecule has 0 saturated carbocycles. The normalized spacial score (nSPS) is 12.2. The smallest absolute Gasteiger partial charge is 0.320 e. The quantitative estimate of drug-likeness (QED) is 0.715. The molecule has 0 aliphatic rings. The van der Waals surface area contributed by atoms with Crippen LogP contribution in [0.25, 0.3) is 0 Å². The summed E-state index contributed by atoms with van der Waals surface area (Å²) in [5, 5.41) is 8.23. The minimum atomic E-state index is -0.931. The van der Waals surface area contributed by atoms with Crippen LogP contribution in [0.3, 0.4) is 0 Å². The van der Waals surface area contributed by atoms with E-state index in [0.717, 1.165) is 0 Å². The molecular formula is C13H32N2O3. The van der Waals surface area contributed by atoms with Crippen LogP contribution in [-0.4, -0.2) is 53.3 Å². The monoisotopic (exact) mass is 264 g/mol. The maximum Gasteiger partial charge on any atom is 0.320 e. The van der Waals surface area contributed by atoms with Gasteiger partial charge in [-0.1, -0.05) is 13.8 Å². The topological polar surface area (TPSA) is 93.3 Å². The van der Waals surface area contributed by atoms with Gasteiger partial charge in [0.1, 0.15) is 6.04 Å². The second kappa shape index (κ2) is 11.4. The summed E-state index contributed by atoms with van der Waals surface area (Å²) in [5.41, 5.74) is 5.16. The van der Waals surface area contributed by atoms with Crippen LogP contribution in [0.2, 0.25) is 0 Å². The molecule has 112 valence electrons. The van der Waals surface area contributed by atoms with Gasteiger partial charge in [0.2, 0.25) is 0 Å². The highest BCUT2D eigenvalue weighted by Gasteiger charge is 2.16. The van der Waals surface area contributed by atoms with E-state index < -0.39 is 12.0 Å². The predicted octanol–water partition coefficient (Wildman–Crippen LogP) is 1.76. The van der Waals surface area contributed by atoms with Crippen LogP contribution in [-0.2, 0) is 4.79 Å². The van der Waals surface area contributed by atoms with Gasteiger partial charge in [-0.15, -0.1) is 0 Å². The van der Waals surface area contributed by atoms with Crippen molar-refractivity contribution in [2.45, 2.75) is 47.6 Å². The molecule has 0 aromatic carbocycles. The lowest BCUT2D eigenvalue weighted by Gasteiger charge is -2.34. The summed E-state index contributed by atoms with van der Waals surface area (Å²) >= 11 is 0. The van der Waals surface area contributed by atoms with Crippen LogP contribution in [0, 0.1) is 5.92 Å². The van der Waals surface area contributed by atoms with Crippen molar-refractivity contribution >= 4 is 5.97 Å². The van der Waals surface area contributed by atoms with Crippen molar-refractivity contribution in [1.29, 1.82) is 0 Å². The third kappa shape index (κ3) is 8.44. The van der Waals surface area contributed by atoms with Crippen molar-refractivity contribution in [2.24, 2.45) is 11.7 Å². The minimum absolute atomic E-state index is 0. The van der Waals surface area contributed by atoms with E-state index in [4.69, 9.17) is 10.8 Å². The number of nitrogens with two attached hydrogens (primary N) is 1. The molecule has 0 aromatic rings. The fraction of sp³-hybridized carbons (Fsp3) is 0.923. The molecule has 0 amide bonds. The van der Waals surface area contributed by atoms with Crippen molar-refractivity contribution < 1.29 is 19.9 Å². The minimum Gasteiger partial charge on any atom is -0.870 e. The molecule has 0 heterocycles. The number of rotatable bonds is 6. The first kappa shape index (κ1) is 22.5. The Hall–Kier alpha value is -0.650. The van der Waals surface area contributed by atoms with Crippen LogP contribution in [0.1, 0.15) is 41.5 Å². The van der Waals surface area contributed by atoms with E-state index in [2.05, 4.69) is 27.7 Å². The summed E-state index contributed by atoms with van der Waals surface area (Å²) in [6.07, 6.45) is 0. The first-order valence-corrected chi connectivity index (χ1v) is 6.63. The Bertz CT molecular complexity index is 187. The second-order valence-electron chi connectivity index (χ2n) is 4.71. The Morgan fingerprint density at radius 3 is 1.33 bits per heavy atom. The average Bonchev–Trinajstić information content (AvgIpc) is 2.32. The van der Waals surface area contributed by atoms with Gasteiger partial charge >= 0.3 is 5.97 Å². The highest BCUT2D eigenvalue weighted by molar-refractivity contribution is 5.73. The van der Waals surface area contributed by atoms with Crippen molar-refractivity contribution in [2.75, 3.05) is 26.2 Å². The number of carboxylic acids is 1. The molecule has 0 radical (unpaired) electrons. The zero-order valence-corrected chi connectivity index (χ0v) is 12.8. The summed E-state index contributed by atoms with van der Waals surface area (Å²) in [6, 6.07) is -0.713. The second-order valence-corrected chi connectivity index (χ2v) is 4.71. The summed E-state index contributed by atoms with van der Waals surface area (Å²) in [6.45, 7) is 17.8. The largest absolute Gasteiger partial charge is 0.870 e.